The quantitative estimate of drug-likeness (QED) is 0.786. The Morgan fingerprint density at radius 1 is 1.53 bits per heavy atom. The van der Waals surface area contributed by atoms with E-state index >= 15 is 0 Å². The van der Waals surface area contributed by atoms with Crippen LogP contribution in [0.1, 0.15) is 32.4 Å². The van der Waals surface area contributed by atoms with Crippen LogP contribution in [-0.2, 0) is 11.3 Å². The van der Waals surface area contributed by atoms with Crippen molar-refractivity contribution in [1.29, 1.82) is 0 Å². The average Bonchev–Trinajstić information content (AvgIpc) is 2.65. The van der Waals surface area contributed by atoms with Gasteiger partial charge in [0.25, 0.3) is 0 Å². The summed E-state index contributed by atoms with van der Waals surface area (Å²) in [5.41, 5.74) is 2.36. The largest absolute Gasteiger partial charge is 0.383 e. The summed E-state index contributed by atoms with van der Waals surface area (Å²) >= 11 is 12.6. The maximum Gasteiger partial charge on any atom is 0.0862 e. The summed E-state index contributed by atoms with van der Waals surface area (Å²) in [4.78, 5) is 0. The van der Waals surface area contributed by atoms with Crippen molar-refractivity contribution in [3.63, 3.8) is 0 Å². The van der Waals surface area contributed by atoms with Gasteiger partial charge in [-0.25, -0.2) is 0 Å². The molecule has 1 aliphatic rings. The van der Waals surface area contributed by atoms with E-state index in [9.17, 15) is 0 Å². The third-order valence-corrected chi connectivity index (χ3v) is 3.96. The second kappa shape index (κ2) is 5.86. The first-order valence-corrected chi connectivity index (χ1v) is 7.30. The Balaban J connectivity index is 2.33. The number of methoxy groups -OCH3 is 1. The van der Waals surface area contributed by atoms with Gasteiger partial charge in [-0.1, -0.05) is 31.5 Å². The first kappa shape index (κ1) is 14.9. The van der Waals surface area contributed by atoms with Crippen molar-refractivity contribution in [2.24, 2.45) is 5.41 Å². The Bertz CT molecular complexity index is 480. The zero-order chi connectivity index (χ0) is 14.0. The fourth-order valence-corrected chi connectivity index (χ4v) is 3.48. The second-order valence-electron chi connectivity index (χ2n) is 5.81. The highest BCUT2D eigenvalue weighted by atomic mass is 35.5. The second-order valence-corrected chi connectivity index (χ2v) is 6.78. The van der Waals surface area contributed by atoms with E-state index in [1.807, 2.05) is 4.68 Å². The summed E-state index contributed by atoms with van der Waals surface area (Å²) in [7, 11) is 1.68. The molecular formula is C14H20Cl2N2O. The molecule has 1 aromatic heterocycles. The Labute approximate surface area is 124 Å². The van der Waals surface area contributed by atoms with Crippen molar-refractivity contribution in [3.8, 4) is 0 Å². The van der Waals surface area contributed by atoms with Gasteiger partial charge < -0.3 is 4.74 Å². The normalized spacial score (nSPS) is 22.4. The molecule has 0 saturated heterocycles. The number of allylic oxidation sites excluding steroid dienone is 2. The van der Waals surface area contributed by atoms with Crippen molar-refractivity contribution >= 4 is 28.8 Å². The molecule has 0 aliphatic heterocycles. The highest BCUT2D eigenvalue weighted by Gasteiger charge is 2.30. The highest BCUT2D eigenvalue weighted by molar-refractivity contribution is 6.32. The van der Waals surface area contributed by atoms with Crippen molar-refractivity contribution in [3.05, 3.63) is 23.0 Å². The van der Waals surface area contributed by atoms with Crippen molar-refractivity contribution in [1.82, 2.24) is 9.78 Å². The van der Waals surface area contributed by atoms with Gasteiger partial charge in [0.1, 0.15) is 0 Å². The minimum absolute atomic E-state index is 0.0561. The van der Waals surface area contributed by atoms with Crippen LogP contribution in [0.4, 0.5) is 0 Å². The lowest BCUT2D eigenvalue weighted by Gasteiger charge is -2.32. The fraction of sp³-hybridized carbons (Fsp3) is 0.643. The van der Waals surface area contributed by atoms with Crippen LogP contribution in [0.15, 0.2) is 12.3 Å². The van der Waals surface area contributed by atoms with Crippen LogP contribution in [0, 0.1) is 5.41 Å². The summed E-state index contributed by atoms with van der Waals surface area (Å²) in [6.07, 6.45) is 5.76. The van der Waals surface area contributed by atoms with E-state index in [0.717, 1.165) is 18.5 Å². The van der Waals surface area contributed by atoms with Crippen molar-refractivity contribution in [2.75, 3.05) is 13.7 Å². The average molecular weight is 303 g/mol. The van der Waals surface area contributed by atoms with E-state index in [-0.39, 0.29) is 10.8 Å². The molecule has 3 nitrogen and oxygen atoms in total. The number of nitrogens with zero attached hydrogens (tertiary/aromatic N) is 2. The number of hydrogen-bond donors (Lipinski definition) is 0. The van der Waals surface area contributed by atoms with Crippen LogP contribution >= 0.6 is 23.2 Å². The number of halogens is 2. The molecule has 0 fully saturated rings. The van der Waals surface area contributed by atoms with E-state index in [4.69, 9.17) is 27.9 Å². The lowest BCUT2D eigenvalue weighted by Crippen LogP contribution is -2.23. The van der Waals surface area contributed by atoms with Gasteiger partial charge >= 0.3 is 0 Å². The Morgan fingerprint density at radius 2 is 2.26 bits per heavy atom. The lowest BCUT2D eigenvalue weighted by atomic mass is 9.76. The van der Waals surface area contributed by atoms with E-state index in [2.05, 4.69) is 25.0 Å². The molecule has 0 saturated carbocycles. The molecule has 19 heavy (non-hydrogen) atoms. The molecule has 2 rings (SSSR count). The van der Waals surface area contributed by atoms with Crippen molar-refractivity contribution in [2.45, 2.75) is 38.6 Å². The first-order chi connectivity index (χ1) is 8.93. The number of ether oxygens (including phenoxy) is 1. The minimum atomic E-state index is 0.0561. The molecule has 0 bridgehead atoms. The predicted molar refractivity (Wildman–Crippen MR) is 79.7 cm³/mol. The molecule has 1 aromatic rings. The first-order valence-electron chi connectivity index (χ1n) is 6.48. The maximum atomic E-state index is 6.35. The molecule has 1 unspecified atom stereocenters. The van der Waals surface area contributed by atoms with E-state index in [1.54, 1.807) is 13.3 Å². The van der Waals surface area contributed by atoms with Crippen LogP contribution in [0.3, 0.4) is 0 Å². The molecule has 106 valence electrons. The van der Waals surface area contributed by atoms with Gasteiger partial charge in [-0.2, -0.15) is 5.10 Å². The number of hydrogen-bond acceptors (Lipinski definition) is 2. The molecular weight excluding hydrogens is 283 g/mol. The molecule has 1 aliphatic carbocycles. The Kier molecular flexibility index (Phi) is 4.59. The van der Waals surface area contributed by atoms with Crippen molar-refractivity contribution < 1.29 is 4.74 Å². The number of rotatable bonds is 4. The monoisotopic (exact) mass is 302 g/mol. The van der Waals surface area contributed by atoms with Gasteiger partial charge in [-0.3, -0.25) is 4.68 Å². The summed E-state index contributed by atoms with van der Waals surface area (Å²) in [5.74, 6) is 0. The molecule has 0 aromatic carbocycles. The predicted octanol–water partition coefficient (Wildman–Crippen LogP) is 3.99. The third-order valence-electron chi connectivity index (χ3n) is 3.40. The van der Waals surface area contributed by atoms with E-state index in [0.29, 0.717) is 18.2 Å². The molecule has 0 spiro atoms. The standard InChI is InChI=1S/C14H20Cl2N2O/c1-14(2)7-10(6-11(15)8-14)13-12(16)9-17-18(13)4-5-19-3/h6,9,11H,4-5,7-8H2,1-3H3. The minimum Gasteiger partial charge on any atom is -0.383 e. The topological polar surface area (TPSA) is 27.1 Å². The fourth-order valence-electron chi connectivity index (χ4n) is 2.64. The molecule has 0 radical (unpaired) electrons. The number of aromatic nitrogens is 2. The smallest absolute Gasteiger partial charge is 0.0862 e. The van der Waals surface area contributed by atoms with Gasteiger partial charge in [-0.05, 0) is 23.8 Å². The van der Waals surface area contributed by atoms with Crippen LogP contribution in [0.5, 0.6) is 0 Å². The molecule has 1 atom stereocenters. The SMILES string of the molecule is COCCn1ncc(Cl)c1C1=CC(Cl)CC(C)(C)C1. The van der Waals surface area contributed by atoms with Crippen LogP contribution < -0.4 is 0 Å². The van der Waals surface area contributed by atoms with Gasteiger partial charge in [0, 0.05) is 7.11 Å². The Morgan fingerprint density at radius 3 is 2.89 bits per heavy atom. The summed E-state index contributed by atoms with van der Waals surface area (Å²) in [6, 6.07) is 0. The molecule has 5 heteroatoms. The van der Waals surface area contributed by atoms with Gasteiger partial charge in [0.05, 0.1) is 35.4 Å². The number of alkyl halides is 1. The molecule has 0 N–H and O–H groups in total. The van der Waals surface area contributed by atoms with Gasteiger partial charge in [-0.15, -0.1) is 11.6 Å². The molecule has 0 amide bonds. The summed E-state index contributed by atoms with van der Waals surface area (Å²) in [5, 5.41) is 5.06. The summed E-state index contributed by atoms with van der Waals surface area (Å²) < 4.78 is 7.02. The van der Waals surface area contributed by atoms with E-state index < -0.39 is 0 Å². The lowest BCUT2D eigenvalue weighted by molar-refractivity contribution is 0.183. The highest BCUT2D eigenvalue weighted by Crippen LogP contribution is 2.42. The molecule has 1 heterocycles. The van der Waals surface area contributed by atoms with Gasteiger partial charge in [0.2, 0.25) is 0 Å². The zero-order valence-electron chi connectivity index (χ0n) is 11.6. The Hall–Kier alpha value is -0.510. The maximum absolute atomic E-state index is 6.35. The van der Waals surface area contributed by atoms with E-state index in [1.165, 1.54) is 5.57 Å². The van der Waals surface area contributed by atoms with Gasteiger partial charge in [0.15, 0.2) is 0 Å². The van der Waals surface area contributed by atoms with Crippen LogP contribution in [0.2, 0.25) is 5.02 Å². The van der Waals surface area contributed by atoms with Crippen LogP contribution in [-0.4, -0.2) is 28.9 Å². The third kappa shape index (κ3) is 3.53. The summed E-state index contributed by atoms with van der Waals surface area (Å²) in [6.45, 7) is 5.79. The van der Waals surface area contributed by atoms with Crippen LogP contribution in [0.25, 0.3) is 5.57 Å². The zero-order valence-corrected chi connectivity index (χ0v) is 13.1.